The number of carbonyl (C=O) groups is 2. The van der Waals surface area contributed by atoms with Gasteiger partial charge >= 0.3 is 12.1 Å². The van der Waals surface area contributed by atoms with Gasteiger partial charge in [-0.3, -0.25) is 9.69 Å². The number of aliphatic carboxylic acids is 1. The Morgan fingerprint density at radius 2 is 1.90 bits per heavy atom. The number of likely N-dealkylation sites (tertiary alicyclic amines) is 1. The largest absolute Gasteiger partial charge is 0.490 e. The lowest BCUT2D eigenvalue weighted by molar-refractivity contribution is -0.192. The van der Waals surface area contributed by atoms with E-state index in [2.05, 4.69) is 11.0 Å². The van der Waals surface area contributed by atoms with E-state index in [0.29, 0.717) is 12.8 Å². The third-order valence-electron chi connectivity index (χ3n) is 5.47. The van der Waals surface area contributed by atoms with Gasteiger partial charge in [-0.25, -0.2) is 4.79 Å². The Bertz CT molecular complexity index is 817. The smallest absolute Gasteiger partial charge is 0.475 e. The van der Waals surface area contributed by atoms with Crippen molar-refractivity contribution in [3.8, 4) is 11.5 Å². The number of halogens is 3. The molecule has 1 amide bonds. The summed E-state index contributed by atoms with van der Waals surface area (Å²) >= 11 is 0. The van der Waals surface area contributed by atoms with E-state index in [-0.39, 0.29) is 17.9 Å². The number of benzene rings is 1. The predicted octanol–water partition coefficient (Wildman–Crippen LogP) is 2.12. The zero-order valence-electron chi connectivity index (χ0n) is 17.2. The molecule has 0 saturated carbocycles. The quantitative estimate of drug-likeness (QED) is 0.761. The van der Waals surface area contributed by atoms with Crippen molar-refractivity contribution in [2.24, 2.45) is 5.92 Å². The summed E-state index contributed by atoms with van der Waals surface area (Å²) in [4.78, 5) is 25.4. The topological polar surface area (TPSA) is 88.5 Å². The zero-order chi connectivity index (χ0) is 22.8. The molecule has 8 nitrogen and oxygen atoms in total. The van der Waals surface area contributed by atoms with E-state index in [1.807, 2.05) is 26.2 Å². The molecule has 0 radical (unpaired) electrons. The molecule has 1 aromatic carbocycles. The molecule has 1 aromatic rings. The molecule has 3 heterocycles. The molecule has 31 heavy (non-hydrogen) atoms. The van der Waals surface area contributed by atoms with Crippen LogP contribution in [-0.2, 0) is 20.9 Å². The number of amides is 1. The van der Waals surface area contributed by atoms with Crippen molar-refractivity contribution in [2.75, 3.05) is 34.0 Å². The normalized spacial score (nSPS) is 24.7. The first kappa shape index (κ1) is 23.1. The molecule has 0 aliphatic carbocycles. The van der Waals surface area contributed by atoms with Crippen LogP contribution in [0.5, 0.6) is 11.5 Å². The first-order valence-electron chi connectivity index (χ1n) is 9.81. The summed E-state index contributed by atoms with van der Waals surface area (Å²) in [5.41, 5.74) is 1.18. The second-order valence-electron chi connectivity index (χ2n) is 7.85. The third kappa shape index (κ3) is 5.59. The molecule has 0 spiro atoms. The summed E-state index contributed by atoms with van der Waals surface area (Å²) in [7, 11) is 3.65. The maximum absolute atomic E-state index is 12.4. The molecular weight excluding hydrogens is 421 g/mol. The van der Waals surface area contributed by atoms with Gasteiger partial charge in [-0.05, 0) is 30.5 Å². The van der Waals surface area contributed by atoms with Crippen LogP contribution >= 0.6 is 0 Å². The van der Waals surface area contributed by atoms with Crippen molar-refractivity contribution in [3.63, 3.8) is 0 Å². The van der Waals surface area contributed by atoms with Crippen molar-refractivity contribution in [1.82, 2.24) is 9.80 Å². The average molecular weight is 446 g/mol. The van der Waals surface area contributed by atoms with Crippen LogP contribution in [0.4, 0.5) is 13.2 Å². The molecule has 4 rings (SSSR count). The molecule has 0 unspecified atom stereocenters. The van der Waals surface area contributed by atoms with E-state index in [0.717, 1.165) is 44.0 Å². The Morgan fingerprint density at radius 3 is 2.55 bits per heavy atom. The van der Waals surface area contributed by atoms with Crippen LogP contribution in [0.1, 0.15) is 18.4 Å². The zero-order valence-corrected chi connectivity index (χ0v) is 17.2. The Balaban J connectivity index is 0.000000339. The standard InChI is InChI=1S/C18H24N2O4.C2HF3O2/c1-19(2)18(21)13-8-16-14(5-6-22-16)20(10-13)9-12-3-4-15-17(7-12)24-11-23-15;3-2(4,5)1(6)7/h3-4,7,13-14,16H,5-6,8-11H2,1-2H3;(H,6,7)/t13-,14+,16+;/m0./s1. The minimum Gasteiger partial charge on any atom is -0.475 e. The maximum Gasteiger partial charge on any atom is 0.490 e. The summed E-state index contributed by atoms with van der Waals surface area (Å²) in [5.74, 6) is -0.940. The summed E-state index contributed by atoms with van der Waals surface area (Å²) in [5, 5.41) is 7.12. The van der Waals surface area contributed by atoms with Crippen LogP contribution in [0.15, 0.2) is 18.2 Å². The second-order valence-corrected chi connectivity index (χ2v) is 7.85. The first-order valence-corrected chi connectivity index (χ1v) is 9.81. The fraction of sp³-hybridized carbons (Fsp3) is 0.600. The number of nitrogens with zero attached hydrogens (tertiary/aromatic N) is 2. The van der Waals surface area contributed by atoms with Gasteiger partial charge in [0.2, 0.25) is 12.7 Å². The van der Waals surface area contributed by atoms with Gasteiger partial charge in [0.05, 0.1) is 12.0 Å². The Hall–Kier alpha value is -2.53. The van der Waals surface area contributed by atoms with Gasteiger partial charge in [0.25, 0.3) is 0 Å². The van der Waals surface area contributed by atoms with E-state index in [4.69, 9.17) is 24.1 Å². The maximum atomic E-state index is 12.4. The predicted molar refractivity (Wildman–Crippen MR) is 102 cm³/mol. The summed E-state index contributed by atoms with van der Waals surface area (Å²) in [6.45, 7) is 2.67. The SMILES string of the molecule is CN(C)C(=O)[C@H]1C[C@H]2OCC[C@H]2N(Cc2ccc3c(c2)OCO3)C1.O=C(O)C(F)(F)F. The van der Waals surface area contributed by atoms with Crippen LogP contribution in [0.25, 0.3) is 0 Å². The van der Waals surface area contributed by atoms with E-state index in [9.17, 15) is 18.0 Å². The number of ether oxygens (including phenoxy) is 3. The minimum absolute atomic E-state index is 0.00774. The highest BCUT2D eigenvalue weighted by Crippen LogP contribution is 2.36. The highest BCUT2D eigenvalue weighted by Gasteiger charge is 2.42. The van der Waals surface area contributed by atoms with Crippen molar-refractivity contribution < 1.29 is 42.1 Å². The number of hydrogen-bond acceptors (Lipinski definition) is 6. The summed E-state index contributed by atoms with van der Waals surface area (Å²) in [6, 6.07) is 6.49. The van der Waals surface area contributed by atoms with E-state index in [1.54, 1.807) is 4.90 Å². The lowest BCUT2D eigenvalue weighted by Gasteiger charge is -2.41. The van der Waals surface area contributed by atoms with Gasteiger partial charge in [-0.1, -0.05) is 6.07 Å². The Labute approximate surface area is 177 Å². The van der Waals surface area contributed by atoms with Gasteiger partial charge in [-0.15, -0.1) is 0 Å². The first-order chi connectivity index (χ1) is 14.6. The van der Waals surface area contributed by atoms with Crippen molar-refractivity contribution in [3.05, 3.63) is 23.8 Å². The van der Waals surface area contributed by atoms with Crippen LogP contribution in [0.3, 0.4) is 0 Å². The summed E-state index contributed by atoms with van der Waals surface area (Å²) < 4.78 is 48.5. The number of hydrogen-bond donors (Lipinski definition) is 1. The van der Waals surface area contributed by atoms with Gasteiger partial charge in [0, 0.05) is 39.8 Å². The van der Waals surface area contributed by atoms with E-state index >= 15 is 0 Å². The molecule has 3 aliphatic heterocycles. The van der Waals surface area contributed by atoms with Crippen molar-refractivity contribution in [2.45, 2.75) is 37.7 Å². The molecule has 0 bridgehead atoms. The van der Waals surface area contributed by atoms with E-state index in [1.165, 1.54) is 5.56 Å². The molecule has 3 aliphatic rings. The fourth-order valence-electron chi connectivity index (χ4n) is 4.05. The number of carboxylic acids is 1. The number of piperidine rings is 1. The van der Waals surface area contributed by atoms with Crippen molar-refractivity contribution >= 4 is 11.9 Å². The average Bonchev–Trinajstić information content (AvgIpc) is 3.35. The molecule has 172 valence electrons. The number of rotatable bonds is 3. The lowest BCUT2D eigenvalue weighted by atomic mass is 9.88. The highest BCUT2D eigenvalue weighted by molar-refractivity contribution is 5.78. The monoisotopic (exact) mass is 446 g/mol. The van der Waals surface area contributed by atoms with Gasteiger partial charge in [-0.2, -0.15) is 13.2 Å². The van der Waals surface area contributed by atoms with Gasteiger partial charge in [0.1, 0.15) is 0 Å². The van der Waals surface area contributed by atoms with Crippen LogP contribution < -0.4 is 9.47 Å². The fourth-order valence-corrected chi connectivity index (χ4v) is 4.05. The molecule has 11 heteroatoms. The molecule has 2 fully saturated rings. The minimum atomic E-state index is -5.08. The molecular formula is C20H25F3N2O6. The molecule has 3 atom stereocenters. The molecule has 1 N–H and O–H groups in total. The number of fused-ring (bicyclic) bond motifs is 2. The Kier molecular flexibility index (Phi) is 6.95. The van der Waals surface area contributed by atoms with E-state index < -0.39 is 12.1 Å². The highest BCUT2D eigenvalue weighted by atomic mass is 19.4. The van der Waals surface area contributed by atoms with Gasteiger partial charge < -0.3 is 24.2 Å². The Morgan fingerprint density at radius 1 is 1.23 bits per heavy atom. The second kappa shape index (κ2) is 9.31. The number of alkyl halides is 3. The molecule has 2 saturated heterocycles. The number of carboxylic acid groups (broad SMARTS) is 1. The van der Waals surface area contributed by atoms with Crippen LogP contribution in [-0.4, -0.2) is 79.1 Å². The lowest BCUT2D eigenvalue weighted by Crippen LogP contribution is -2.52. The summed E-state index contributed by atoms with van der Waals surface area (Å²) in [6.07, 6.45) is -3.04. The third-order valence-corrected chi connectivity index (χ3v) is 5.47. The number of carbonyl (C=O) groups excluding carboxylic acids is 1. The van der Waals surface area contributed by atoms with Crippen LogP contribution in [0.2, 0.25) is 0 Å². The molecule has 0 aromatic heterocycles. The van der Waals surface area contributed by atoms with Crippen molar-refractivity contribution in [1.29, 1.82) is 0 Å². The van der Waals surface area contributed by atoms with Gasteiger partial charge in [0.15, 0.2) is 11.5 Å². The van der Waals surface area contributed by atoms with Crippen LogP contribution in [0, 0.1) is 5.92 Å².